The van der Waals surface area contributed by atoms with Gasteiger partial charge in [0, 0.05) is 13.2 Å². The monoisotopic (exact) mass is 241 g/mol. The predicted octanol–water partition coefficient (Wildman–Crippen LogP) is 2.27. The fourth-order valence-electron chi connectivity index (χ4n) is 1.88. The van der Waals surface area contributed by atoms with E-state index in [0.717, 1.165) is 43.6 Å². The summed E-state index contributed by atoms with van der Waals surface area (Å²) in [6, 6.07) is 4.12. The summed E-state index contributed by atoms with van der Waals surface area (Å²) in [6.07, 6.45) is 3.27. The molecule has 1 atom stereocenters. The van der Waals surface area contributed by atoms with Crippen LogP contribution in [-0.4, -0.2) is 26.0 Å². The minimum absolute atomic E-state index is 0.681. The van der Waals surface area contributed by atoms with Crippen molar-refractivity contribution < 1.29 is 9.15 Å². The molecule has 1 aromatic rings. The molecule has 0 aliphatic carbocycles. The molecule has 1 aliphatic heterocycles. The van der Waals surface area contributed by atoms with Gasteiger partial charge in [0.25, 0.3) is 0 Å². The van der Waals surface area contributed by atoms with Crippen LogP contribution in [0.15, 0.2) is 16.5 Å². The maximum absolute atomic E-state index is 5.67. The molecule has 3 nitrogen and oxygen atoms in total. The molecule has 0 aromatic carbocycles. The number of ether oxygens (including phenoxy) is 1. The van der Waals surface area contributed by atoms with Crippen LogP contribution in [0.25, 0.3) is 0 Å². The molecule has 1 N–H and O–H groups in total. The van der Waals surface area contributed by atoms with E-state index in [1.54, 1.807) is 11.8 Å². The van der Waals surface area contributed by atoms with E-state index in [2.05, 4.69) is 23.7 Å². The van der Waals surface area contributed by atoms with Crippen molar-refractivity contribution in [2.75, 3.05) is 26.0 Å². The number of hydrogen-bond donors (Lipinski definition) is 1. The van der Waals surface area contributed by atoms with Gasteiger partial charge in [-0.25, -0.2) is 0 Å². The molecule has 0 spiro atoms. The molecule has 0 saturated carbocycles. The zero-order valence-electron chi connectivity index (χ0n) is 9.70. The Kier molecular flexibility index (Phi) is 4.75. The van der Waals surface area contributed by atoms with Crippen LogP contribution < -0.4 is 5.32 Å². The van der Waals surface area contributed by atoms with Crippen molar-refractivity contribution >= 4 is 11.8 Å². The first-order valence-electron chi connectivity index (χ1n) is 5.73. The Morgan fingerprint density at radius 3 is 3.06 bits per heavy atom. The summed E-state index contributed by atoms with van der Waals surface area (Å²) in [4.78, 5) is 0. The Morgan fingerprint density at radius 2 is 2.31 bits per heavy atom. The number of rotatable bonds is 6. The van der Waals surface area contributed by atoms with E-state index in [9.17, 15) is 0 Å². The molecular weight excluding hydrogens is 222 g/mol. The van der Waals surface area contributed by atoms with Crippen molar-refractivity contribution in [3.63, 3.8) is 0 Å². The van der Waals surface area contributed by atoms with Crippen LogP contribution in [0, 0.1) is 5.92 Å². The molecule has 2 heterocycles. The topological polar surface area (TPSA) is 34.4 Å². The second kappa shape index (κ2) is 6.33. The Labute approximate surface area is 101 Å². The van der Waals surface area contributed by atoms with E-state index in [4.69, 9.17) is 9.15 Å². The van der Waals surface area contributed by atoms with Gasteiger partial charge in [0.15, 0.2) is 0 Å². The third kappa shape index (κ3) is 3.54. The Hall–Kier alpha value is -0.450. The fourth-order valence-corrected chi connectivity index (χ4v) is 2.32. The van der Waals surface area contributed by atoms with Crippen molar-refractivity contribution in [2.24, 2.45) is 5.92 Å². The molecule has 1 aromatic heterocycles. The summed E-state index contributed by atoms with van der Waals surface area (Å²) >= 11 is 1.78. The van der Waals surface area contributed by atoms with Gasteiger partial charge < -0.3 is 14.5 Å². The number of thioether (sulfide) groups is 1. The Bertz CT molecular complexity index is 308. The molecule has 1 fully saturated rings. The highest BCUT2D eigenvalue weighted by atomic mass is 32.2. The summed E-state index contributed by atoms with van der Waals surface area (Å²) in [5.41, 5.74) is 0. The lowest BCUT2D eigenvalue weighted by Gasteiger charge is -2.07. The van der Waals surface area contributed by atoms with E-state index in [0.29, 0.717) is 5.92 Å². The lowest BCUT2D eigenvalue weighted by atomic mass is 10.1. The summed E-state index contributed by atoms with van der Waals surface area (Å²) in [5, 5.41) is 3.42. The largest absolute Gasteiger partial charge is 0.464 e. The number of furan rings is 1. The van der Waals surface area contributed by atoms with Crippen molar-refractivity contribution in [2.45, 2.75) is 18.7 Å². The van der Waals surface area contributed by atoms with Gasteiger partial charge in [-0.3, -0.25) is 0 Å². The van der Waals surface area contributed by atoms with Crippen LogP contribution in [0.1, 0.15) is 17.9 Å². The predicted molar refractivity (Wildman–Crippen MR) is 66.6 cm³/mol. The highest BCUT2D eigenvalue weighted by Crippen LogP contribution is 2.14. The summed E-state index contributed by atoms with van der Waals surface area (Å²) in [5.74, 6) is 3.73. The molecule has 16 heavy (non-hydrogen) atoms. The first-order valence-corrected chi connectivity index (χ1v) is 7.13. The molecule has 0 bridgehead atoms. The third-order valence-corrected chi connectivity index (χ3v) is 3.33. The van der Waals surface area contributed by atoms with Gasteiger partial charge in [0.05, 0.1) is 18.9 Å². The van der Waals surface area contributed by atoms with E-state index < -0.39 is 0 Å². The van der Waals surface area contributed by atoms with E-state index >= 15 is 0 Å². The Morgan fingerprint density at radius 1 is 1.44 bits per heavy atom. The van der Waals surface area contributed by atoms with Gasteiger partial charge in [0.1, 0.15) is 11.5 Å². The number of nitrogens with one attached hydrogen (secondary N) is 1. The maximum Gasteiger partial charge on any atom is 0.117 e. The third-order valence-electron chi connectivity index (χ3n) is 2.76. The smallest absolute Gasteiger partial charge is 0.117 e. The minimum atomic E-state index is 0.681. The molecule has 2 rings (SSSR count). The molecule has 4 heteroatoms. The molecule has 1 saturated heterocycles. The van der Waals surface area contributed by atoms with Crippen molar-refractivity contribution in [3.05, 3.63) is 23.7 Å². The standard InChI is InChI=1S/C12H19NO2S/c1-16-9-12-3-2-11(15-12)7-13-6-10-4-5-14-8-10/h2-3,10,13H,4-9H2,1H3. The molecule has 1 unspecified atom stereocenters. The van der Waals surface area contributed by atoms with Crippen LogP contribution in [-0.2, 0) is 17.0 Å². The van der Waals surface area contributed by atoms with Crippen LogP contribution in [0.2, 0.25) is 0 Å². The minimum Gasteiger partial charge on any atom is -0.464 e. The van der Waals surface area contributed by atoms with Crippen LogP contribution in [0.3, 0.4) is 0 Å². The SMILES string of the molecule is CSCc1ccc(CNCC2CCOC2)o1. The van der Waals surface area contributed by atoms with Crippen LogP contribution in [0.4, 0.5) is 0 Å². The summed E-state index contributed by atoms with van der Waals surface area (Å²) in [6.45, 7) is 3.68. The lowest BCUT2D eigenvalue weighted by molar-refractivity contribution is 0.185. The summed E-state index contributed by atoms with van der Waals surface area (Å²) < 4.78 is 11.0. The van der Waals surface area contributed by atoms with Gasteiger partial charge in [-0.05, 0) is 30.7 Å². The highest BCUT2D eigenvalue weighted by Gasteiger charge is 2.14. The van der Waals surface area contributed by atoms with Gasteiger partial charge in [0.2, 0.25) is 0 Å². The van der Waals surface area contributed by atoms with Crippen molar-refractivity contribution in [1.82, 2.24) is 5.32 Å². The van der Waals surface area contributed by atoms with Crippen molar-refractivity contribution in [1.29, 1.82) is 0 Å². The van der Waals surface area contributed by atoms with Crippen LogP contribution >= 0.6 is 11.8 Å². The normalized spacial score (nSPS) is 20.4. The van der Waals surface area contributed by atoms with E-state index in [1.165, 1.54) is 6.42 Å². The molecule has 1 aliphatic rings. The average Bonchev–Trinajstić information content (AvgIpc) is 2.90. The second-order valence-electron chi connectivity index (χ2n) is 4.16. The molecule has 0 radical (unpaired) electrons. The molecule has 0 amide bonds. The first kappa shape index (κ1) is 12.0. The van der Waals surface area contributed by atoms with Gasteiger partial charge >= 0.3 is 0 Å². The highest BCUT2D eigenvalue weighted by molar-refractivity contribution is 7.97. The fraction of sp³-hybridized carbons (Fsp3) is 0.667. The summed E-state index contributed by atoms with van der Waals surface area (Å²) in [7, 11) is 0. The zero-order valence-corrected chi connectivity index (χ0v) is 10.5. The van der Waals surface area contributed by atoms with Crippen LogP contribution in [0.5, 0.6) is 0 Å². The van der Waals surface area contributed by atoms with E-state index in [1.807, 2.05) is 0 Å². The molecule has 90 valence electrons. The quantitative estimate of drug-likeness (QED) is 0.828. The zero-order chi connectivity index (χ0) is 11.2. The van der Waals surface area contributed by atoms with Gasteiger partial charge in [-0.1, -0.05) is 0 Å². The van der Waals surface area contributed by atoms with Crippen molar-refractivity contribution in [3.8, 4) is 0 Å². The maximum atomic E-state index is 5.67. The van der Waals surface area contributed by atoms with Gasteiger partial charge in [-0.15, -0.1) is 0 Å². The lowest BCUT2D eigenvalue weighted by Crippen LogP contribution is -2.22. The number of hydrogen-bond acceptors (Lipinski definition) is 4. The average molecular weight is 241 g/mol. The van der Waals surface area contributed by atoms with E-state index in [-0.39, 0.29) is 0 Å². The molecular formula is C12H19NO2S. The van der Waals surface area contributed by atoms with Gasteiger partial charge in [-0.2, -0.15) is 11.8 Å². The Balaban J connectivity index is 1.67. The second-order valence-corrected chi connectivity index (χ2v) is 5.03. The first-order chi connectivity index (χ1) is 7.88.